The number of hydrogen-bond donors (Lipinski definition) is 1. The highest BCUT2D eigenvalue weighted by Gasteiger charge is 2.12. The van der Waals surface area contributed by atoms with Crippen molar-refractivity contribution < 1.29 is 9.53 Å². The summed E-state index contributed by atoms with van der Waals surface area (Å²) in [6, 6.07) is 27.9. The smallest absolute Gasteiger partial charge is 0.269 e. The van der Waals surface area contributed by atoms with Gasteiger partial charge < -0.3 is 14.6 Å². The van der Waals surface area contributed by atoms with Crippen molar-refractivity contribution in [3.63, 3.8) is 0 Å². The minimum atomic E-state index is -0.155. The summed E-state index contributed by atoms with van der Waals surface area (Å²) in [4.78, 5) is 21.2. The SMILES string of the molecule is O=C(NCCCc1nc2ccccc2n1CCOc1cccc2ccccc12)c1ccccn1. The second-order valence-electron chi connectivity index (χ2n) is 8.07. The summed E-state index contributed by atoms with van der Waals surface area (Å²) in [5, 5.41) is 5.22. The molecule has 0 bridgehead atoms. The number of amides is 1. The van der Waals surface area contributed by atoms with E-state index in [0.29, 0.717) is 25.4 Å². The van der Waals surface area contributed by atoms with E-state index in [9.17, 15) is 4.79 Å². The van der Waals surface area contributed by atoms with Crippen LogP contribution in [0, 0.1) is 0 Å². The molecule has 6 heteroatoms. The minimum Gasteiger partial charge on any atom is -0.491 e. The Hall–Kier alpha value is -4.19. The fourth-order valence-corrected chi connectivity index (χ4v) is 4.17. The Bertz CT molecular complexity index is 1410. The summed E-state index contributed by atoms with van der Waals surface area (Å²) in [5.74, 6) is 1.73. The van der Waals surface area contributed by atoms with Gasteiger partial charge in [-0.15, -0.1) is 0 Å². The van der Waals surface area contributed by atoms with Crippen LogP contribution in [-0.4, -0.2) is 33.6 Å². The summed E-state index contributed by atoms with van der Waals surface area (Å²) in [6.45, 7) is 1.79. The average molecular weight is 451 g/mol. The summed E-state index contributed by atoms with van der Waals surface area (Å²) >= 11 is 0. The first-order chi connectivity index (χ1) is 16.8. The zero-order chi connectivity index (χ0) is 23.2. The van der Waals surface area contributed by atoms with Crippen molar-refractivity contribution in [3.05, 3.63) is 103 Å². The van der Waals surface area contributed by atoms with Crippen LogP contribution in [0.25, 0.3) is 21.8 Å². The molecule has 0 unspecified atom stereocenters. The zero-order valence-electron chi connectivity index (χ0n) is 18.9. The number of ether oxygens (including phenoxy) is 1. The molecule has 5 rings (SSSR count). The fourth-order valence-electron chi connectivity index (χ4n) is 4.17. The Labute approximate surface area is 198 Å². The number of aromatic nitrogens is 3. The molecule has 6 nitrogen and oxygen atoms in total. The van der Waals surface area contributed by atoms with Crippen molar-refractivity contribution >= 4 is 27.7 Å². The van der Waals surface area contributed by atoms with Crippen LogP contribution >= 0.6 is 0 Å². The lowest BCUT2D eigenvalue weighted by molar-refractivity contribution is 0.0948. The van der Waals surface area contributed by atoms with E-state index >= 15 is 0 Å². The monoisotopic (exact) mass is 450 g/mol. The third-order valence-electron chi connectivity index (χ3n) is 5.82. The number of aryl methyl sites for hydroxylation is 1. The molecule has 0 saturated heterocycles. The Morgan fingerprint density at radius 2 is 1.74 bits per heavy atom. The van der Waals surface area contributed by atoms with Crippen LogP contribution in [0.15, 0.2) is 91.1 Å². The quantitative estimate of drug-likeness (QED) is 0.320. The highest BCUT2D eigenvalue weighted by molar-refractivity contribution is 5.92. The second-order valence-corrected chi connectivity index (χ2v) is 8.07. The van der Waals surface area contributed by atoms with Crippen molar-refractivity contribution in [3.8, 4) is 5.75 Å². The van der Waals surface area contributed by atoms with Gasteiger partial charge in [-0.1, -0.05) is 54.6 Å². The van der Waals surface area contributed by atoms with Gasteiger partial charge in [0.25, 0.3) is 5.91 Å². The molecule has 1 amide bonds. The molecule has 2 heterocycles. The van der Waals surface area contributed by atoms with Crippen LogP contribution in [-0.2, 0) is 13.0 Å². The maximum absolute atomic E-state index is 12.2. The van der Waals surface area contributed by atoms with Gasteiger partial charge in [0.1, 0.15) is 23.9 Å². The van der Waals surface area contributed by atoms with E-state index in [0.717, 1.165) is 40.8 Å². The number of carbonyl (C=O) groups is 1. The fraction of sp³-hybridized carbons (Fsp3) is 0.179. The lowest BCUT2D eigenvalue weighted by Gasteiger charge is -2.12. The number of para-hydroxylation sites is 2. The Morgan fingerprint density at radius 1 is 0.912 bits per heavy atom. The molecule has 0 aliphatic carbocycles. The topological polar surface area (TPSA) is 69.0 Å². The lowest BCUT2D eigenvalue weighted by Crippen LogP contribution is -2.25. The Morgan fingerprint density at radius 3 is 2.65 bits per heavy atom. The number of nitrogens with one attached hydrogen (secondary N) is 1. The summed E-state index contributed by atoms with van der Waals surface area (Å²) < 4.78 is 8.41. The van der Waals surface area contributed by atoms with Gasteiger partial charge in [0.2, 0.25) is 0 Å². The number of nitrogens with zero attached hydrogens (tertiary/aromatic N) is 3. The van der Waals surface area contributed by atoms with Gasteiger partial charge in [-0.2, -0.15) is 0 Å². The average Bonchev–Trinajstić information content (AvgIpc) is 3.24. The number of benzene rings is 3. The third kappa shape index (κ3) is 4.76. The van der Waals surface area contributed by atoms with Gasteiger partial charge in [-0.05, 0) is 42.1 Å². The molecule has 0 atom stereocenters. The van der Waals surface area contributed by atoms with Crippen LogP contribution in [0.2, 0.25) is 0 Å². The van der Waals surface area contributed by atoms with Crippen LogP contribution < -0.4 is 10.1 Å². The van der Waals surface area contributed by atoms with Gasteiger partial charge in [0, 0.05) is 24.5 Å². The summed E-state index contributed by atoms with van der Waals surface area (Å²) in [5.41, 5.74) is 2.50. The van der Waals surface area contributed by atoms with Crippen molar-refractivity contribution in [2.75, 3.05) is 13.2 Å². The molecule has 5 aromatic rings. The zero-order valence-corrected chi connectivity index (χ0v) is 18.9. The standard InChI is InChI=1S/C28H26N4O2/c33-28(24-13-5-6-17-29-24)30-18-8-16-27-31-23-12-3-4-14-25(23)32(27)19-20-34-26-15-7-10-21-9-1-2-11-22(21)26/h1-7,9-15,17H,8,16,18-20H2,(H,30,33). The molecule has 34 heavy (non-hydrogen) atoms. The van der Waals surface area contributed by atoms with E-state index in [-0.39, 0.29) is 5.91 Å². The second kappa shape index (κ2) is 10.2. The van der Waals surface area contributed by atoms with Crippen molar-refractivity contribution in [1.29, 1.82) is 0 Å². The number of hydrogen-bond acceptors (Lipinski definition) is 4. The highest BCUT2D eigenvalue weighted by Crippen LogP contribution is 2.25. The van der Waals surface area contributed by atoms with E-state index < -0.39 is 0 Å². The molecule has 0 aliphatic rings. The molecule has 0 aliphatic heterocycles. The molecule has 2 aromatic heterocycles. The van der Waals surface area contributed by atoms with E-state index in [2.05, 4.69) is 39.1 Å². The number of pyridine rings is 1. The number of carbonyl (C=O) groups excluding carboxylic acids is 1. The van der Waals surface area contributed by atoms with Crippen LogP contribution in [0.3, 0.4) is 0 Å². The van der Waals surface area contributed by atoms with Gasteiger partial charge in [0.05, 0.1) is 17.6 Å². The number of imidazole rings is 1. The molecular formula is C28H26N4O2. The summed E-state index contributed by atoms with van der Waals surface area (Å²) in [7, 11) is 0. The molecule has 0 saturated carbocycles. The van der Waals surface area contributed by atoms with E-state index in [1.54, 1.807) is 18.3 Å². The van der Waals surface area contributed by atoms with Gasteiger partial charge in [-0.25, -0.2) is 4.98 Å². The molecule has 3 aromatic carbocycles. The van der Waals surface area contributed by atoms with Crippen molar-refractivity contribution in [2.45, 2.75) is 19.4 Å². The maximum atomic E-state index is 12.2. The van der Waals surface area contributed by atoms with E-state index in [1.807, 2.05) is 48.5 Å². The van der Waals surface area contributed by atoms with E-state index in [4.69, 9.17) is 9.72 Å². The third-order valence-corrected chi connectivity index (χ3v) is 5.82. The molecule has 1 N–H and O–H groups in total. The highest BCUT2D eigenvalue weighted by atomic mass is 16.5. The van der Waals surface area contributed by atoms with Crippen LogP contribution in [0.1, 0.15) is 22.7 Å². The maximum Gasteiger partial charge on any atom is 0.269 e. The molecular weight excluding hydrogens is 424 g/mol. The van der Waals surface area contributed by atoms with Crippen molar-refractivity contribution in [1.82, 2.24) is 19.9 Å². The molecule has 0 spiro atoms. The van der Waals surface area contributed by atoms with E-state index in [1.165, 1.54) is 5.39 Å². The number of fused-ring (bicyclic) bond motifs is 2. The van der Waals surface area contributed by atoms with Gasteiger partial charge >= 0.3 is 0 Å². The van der Waals surface area contributed by atoms with Gasteiger partial charge in [0.15, 0.2) is 0 Å². The van der Waals surface area contributed by atoms with Crippen LogP contribution in [0.5, 0.6) is 5.75 Å². The van der Waals surface area contributed by atoms with Crippen LogP contribution in [0.4, 0.5) is 0 Å². The first-order valence-corrected chi connectivity index (χ1v) is 11.5. The lowest BCUT2D eigenvalue weighted by atomic mass is 10.1. The number of rotatable bonds is 9. The molecule has 0 fully saturated rings. The van der Waals surface area contributed by atoms with Gasteiger partial charge in [-0.3, -0.25) is 9.78 Å². The minimum absolute atomic E-state index is 0.155. The largest absolute Gasteiger partial charge is 0.491 e. The predicted octanol–water partition coefficient (Wildman–Crippen LogP) is 5.03. The first kappa shape index (κ1) is 21.6. The molecule has 170 valence electrons. The predicted molar refractivity (Wildman–Crippen MR) is 134 cm³/mol. The van der Waals surface area contributed by atoms with Crippen molar-refractivity contribution in [2.24, 2.45) is 0 Å². The first-order valence-electron chi connectivity index (χ1n) is 11.5. The normalized spacial score (nSPS) is 11.1. The Kier molecular flexibility index (Phi) is 6.47. The molecule has 0 radical (unpaired) electrons. The summed E-state index contributed by atoms with van der Waals surface area (Å²) in [6.07, 6.45) is 3.16. The Balaban J connectivity index is 1.24.